The molecule has 0 atom stereocenters. The number of fused-ring (bicyclic) bond motifs is 1. The van der Waals surface area contributed by atoms with E-state index in [1.165, 1.54) is 0 Å². The van der Waals surface area contributed by atoms with Crippen LogP contribution in [0.5, 0.6) is 0 Å². The number of rotatable bonds is 4. The van der Waals surface area contributed by atoms with Gasteiger partial charge in [0.25, 0.3) is 0 Å². The summed E-state index contributed by atoms with van der Waals surface area (Å²) in [6, 6.07) is 18.4. The smallest absolute Gasteiger partial charge is 0.233 e. The maximum absolute atomic E-state index is 11.9. The molecule has 4 heteroatoms. The predicted octanol–water partition coefficient (Wildman–Crippen LogP) is 3.38. The Hall–Kier alpha value is -2.88. The maximum Gasteiger partial charge on any atom is 0.233 e. The van der Waals surface area contributed by atoms with Crippen molar-refractivity contribution in [2.45, 2.75) is 6.42 Å². The van der Waals surface area contributed by atoms with Crippen LogP contribution in [0.1, 0.15) is 16.8 Å². The van der Waals surface area contributed by atoms with Gasteiger partial charge in [-0.25, -0.2) is 0 Å². The van der Waals surface area contributed by atoms with E-state index in [1.54, 1.807) is 24.3 Å². The highest BCUT2D eigenvalue weighted by molar-refractivity contribution is 6.11. The number of H-pyrrole nitrogens is 1. The van der Waals surface area contributed by atoms with Gasteiger partial charge < -0.3 is 10.3 Å². The Bertz CT molecular complexity index is 758. The summed E-state index contributed by atoms with van der Waals surface area (Å²) in [5, 5.41) is 3.73. The van der Waals surface area contributed by atoms with Crippen LogP contribution in [0.25, 0.3) is 10.9 Å². The summed E-state index contributed by atoms with van der Waals surface area (Å²) < 4.78 is 0. The van der Waals surface area contributed by atoms with E-state index in [1.807, 2.05) is 36.4 Å². The number of carbonyl (C=O) groups is 2. The van der Waals surface area contributed by atoms with Gasteiger partial charge in [0.1, 0.15) is 5.82 Å². The largest absolute Gasteiger partial charge is 0.341 e. The first kappa shape index (κ1) is 13.1. The molecule has 0 aliphatic heterocycles. The molecular weight excluding hydrogens is 264 g/mol. The molecule has 0 bridgehead atoms. The molecule has 1 aromatic heterocycles. The van der Waals surface area contributed by atoms with Crippen LogP contribution < -0.4 is 5.32 Å². The lowest BCUT2D eigenvalue weighted by molar-refractivity contribution is -0.115. The summed E-state index contributed by atoms with van der Waals surface area (Å²) in [4.78, 5) is 27.0. The van der Waals surface area contributed by atoms with Crippen LogP contribution in [0.4, 0.5) is 5.82 Å². The van der Waals surface area contributed by atoms with Gasteiger partial charge in [0.2, 0.25) is 5.91 Å². The number of para-hydroxylation sites is 1. The van der Waals surface area contributed by atoms with Crippen molar-refractivity contribution in [2.75, 3.05) is 5.32 Å². The molecule has 1 heterocycles. The highest BCUT2D eigenvalue weighted by atomic mass is 16.2. The van der Waals surface area contributed by atoms with Crippen molar-refractivity contribution in [3.8, 4) is 0 Å². The van der Waals surface area contributed by atoms with Crippen molar-refractivity contribution < 1.29 is 9.59 Å². The Balaban J connectivity index is 1.67. The van der Waals surface area contributed by atoms with Gasteiger partial charge in [-0.05, 0) is 12.1 Å². The number of hydrogen-bond donors (Lipinski definition) is 2. The number of anilines is 1. The number of amides is 1. The lowest BCUT2D eigenvalue weighted by atomic mass is 10.1. The van der Waals surface area contributed by atoms with Crippen LogP contribution in [0, 0.1) is 0 Å². The molecule has 0 radical (unpaired) electrons. The summed E-state index contributed by atoms with van der Waals surface area (Å²) >= 11 is 0. The first-order valence-corrected chi connectivity index (χ1v) is 6.68. The first-order chi connectivity index (χ1) is 10.2. The molecule has 0 aliphatic carbocycles. The number of nitrogens with one attached hydrogen (secondary N) is 2. The number of carbonyl (C=O) groups excluding carboxylic acids is 2. The summed E-state index contributed by atoms with van der Waals surface area (Å²) in [6.45, 7) is 0. The van der Waals surface area contributed by atoms with Crippen molar-refractivity contribution in [1.29, 1.82) is 0 Å². The molecule has 0 unspecified atom stereocenters. The van der Waals surface area contributed by atoms with Crippen LogP contribution in [0.2, 0.25) is 0 Å². The van der Waals surface area contributed by atoms with Gasteiger partial charge in [-0.2, -0.15) is 0 Å². The molecule has 0 spiro atoms. The second-order valence-corrected chi connectivity index (χ2v) is 4.78. The molecule has 0 fully saturated rings. The number of aromatic amines is 1. The molecule has 0 aliphatic rings. The fourth-order valence-corrected chi connectivity index (χ4v) is 2.21. The van der Waals surface area contributed by atoms with E-state index in [0.29, 0.717) is 11.4 Å². The Morgan fingerprint density at radius 2 is 1.67 bits per heavy atom. The predicted molar refractivity (Wildman–Crippen MR) is 82.3 cm³/mol. The number of hydrogen-bond acceptors (Lipinski definition) is 2. The summed E-state index contributed by atoms with van der Waals surface area (Å²) in [5.41, 5.74) is 1.49. The third kappa shape index (κ3) is 3.00. The number of Topliss-reactive ketones (excluding diaryl/α,β-unsaturated/α-hetero) is 1. The molecule has 3 aromatic rings. The lowest BCUT2D eigenvalue weighted by Gasteiger charge is -2.02. The molecule has 2 aromatic carbocycles. The fraction of sp³-hybridized carbons (Fsp3) is 0.0588. The van der Waals surface area contributed by atoms with Crippen LogP contribution in [-0.4, -0.2) is 16.7 Å². The van der Waals surface area contributed by atoms with Crippen molar-refractivity contribution in [2.24, 2.45) is 0 Å². The molecule has 1 amide bonds. The van der Waals surface area contributed by atoms with Crippen molar-refractivity contribution in [1.82, 2.24) is 4.98 Å². The zero-order valence-corrected chi connectivity index (χ0v) is 11.3. The maximum atomic E-state index is 11.9. The molecular formula is C17H14N2O2. The Kier molecular flexibility index (Phi) is 3.51. The molecule has 104 valence electrons. The molecule has 0 saturated carbocycles. The van der Waals surface area contributed by atoms with Gasteiger partial charge in [-0.3, -0.25) is 9.59 Å². The monoisotopic (exact) mass is 278 g/mol. The van der Waals surface area contributed by atoms with Crippen molar-refractivity contribution in [3.05, 3.63) is 66.2 Å². The van der Waals surface area contributed by atoms with Crippen LogP contribution in [0.3, 0.4) is 0 Å². The molecule has 21 heavy (non-hydrogen) atoms. The summed E-state index contributed by atoms with van der Waals surface area (Å²) in [6.07, 6.45) is -0.167. The third-order valence-corrected chi connectivity index (χ3v) is 3.22. The topological polar surface area (TPSA) is 62.0 Å². The minimum absolute atomic E-state index is 0.167. The fourth-order valence-electron chi connectivity index (χ4n) is 2.21. The lowest BCUT2D eigenvalue weighted by Crippen LogP contribution is -2.16. The second kappa shape index (κ2) is 5.63. The molecule has 2 N–H and O–H groups in total. The van der Waals surface area contributed by atoms with Crippen molar-refractivity contribution >= 4 is 28.4 Å². The molecule has 3 rings (SSSR count). The Labute approximate surface area is 121 Å². The Morgan fingerprint density at radius 1 is 0.952 bits per heavy atom. The summed E-state index contributed by atoms with van der Waals surface area (Å²) in [7, 11) is 0. The highest BCUT2D eigenvalue weighted by Gasteiger charge is 2.12. The number of benzene rings is 2. The van der Waals surface area contributed by atoms with E-state index >= 15 is 0 Å². The van der Waals surface area contributed by atoms with Gasteiger partial charge >= 0.3 is 0 Å². The van der Waals surface area contributed by atoms with E-state index in [9.17, 15) is 9.59 Å². The molecule has 4 nitrogen and oxygen atoms in total. The van der Waals surface area contributed by atoms with Gasteiger partial charge in [0, 0.05) is 16.5 Å². The van der Waals surface area contributed by atoms with E-state index in [2.05, 4.69) is 10.3 Å². The SMILES string of the molecule is O=C(CC(=O)c1ccccc1)Nc1cc2ccccc2[nH]1. The van der Waals surface area contributed by atoms with Gasteiger partial charge in [0.15, 0.2) is 5.78 Å². The first-order valence-electron chi connectivity index (χ1n) is 6.68. The van der Waals surface area contributed by atoms with Crippen LogP contribution >= 0.6 is 0 Å². The average Bonchev–Trinajstić information content (AvgIpc) is 2.90. The van der Waals surface area contributed by atoms with Gasteiger partial charge in [-0.15, -0.1) is 0 Å². The van der Waals surface area contributed by atoms with E-state index in [0.717, 1.165) is 10.9 Å². The van der Waals surface area contributed by atoms with Crippen LogP contribution in [-0.2, 0) is 4.79 Å². The number of aromatic nitrogens is 1. The Morgan fingerprint density at radius 3 is 2.43 bits per heavy atom. The van der Waals surface area contributed by atoms with Gasteiger partial charge in [0.05, 0.1) is 6.42 Å². The zero-order valence-electron chi connectivity index (χ0n) is 11.3. The number of ketones is 1. The summed E-state index contributed by atoms with van der Waals surface area (Å²) in [5.74, 6) is 0.0849. The van der Waals surface area contributed by atoms with Crippen molar-refractivity contribution in [3.63, 3.8) is 0 Å². The van der Waals surface area contributed by atoms with E-state index in [-0.39, 0.29) is 18.1 Å². The zero-order chi connectivity index (χ0) is 14.7. The minimum atomic E-state index is -0.324. The quantitative estimate of drug-likeness (QED) is 0.567. The van der Waals surface area contributed by atoms with E-state index < -0.39 is 0 Å². The van der Waals surface area contributed by atoms with E-state index in [4.69, 9.17) is 0 Å². The normalized spacial score (nSPS) is 10.5. The van der Waals surface area contributed by atoms with Gasteiger partial charge in [-0.1, -0.05) is 48.5 Å². The third-order valence-electron chi connectivity index (χ3n) is 3.22. The minimum Gasteiger partial charge on any atom is -0.341 e. The standard InChI is InChI=1S/C17H14N2O2/c20-15(12-6-2-1-3-7-12)11-17(21)19-16-10-13-8-4-5-9-14(13)18-16/h1-10,18H,11H2,(H,19,21). The van der Waals surface area contributed by atoms with Crippen LogP contribution in [0.15, 0.2) is 60.7 Å². The average molecular weight is 278 g/mol. The molecule has 0 saturated heterocycles. The highest BCUT2D eigenvalue weighted by Crippen LogP contribution is 2.18. The second-order valence-electron chi connectivity index (χ2n) is 4.78.